The first-order chi connectivity index (χ1) is 7.95. The van der Waals surface area contributed by atoms with Crippen molar-refractivity contribution in [2.24, 2.45) is 0 Å². The highest BCUT2D eigenvalue weighted by Crippen LogP contribution is 2.16. The number of carboxylic acids is 1. The van der Waals surface area contributed by atoms with Crippen LogP contribution in [0.1, 0.15) is 17.3 Å². The van der Waals surface area contributed by atoms with Crippen molar-refractivity contribution >= 4 is 23.5 Å². The fourth-order valence-corrected chi connectivity index (χ4v) is 1.49. The van der Waals surface area contributed by atoms with Gasteiger partial charge in [0.15, 0.2) is 0 Å². The summed E-state index contributed by atoms with van der Waals surface area (Å²) in [7, 11) is 0. The fourth-order valence-electron chi connectivity index (χ4n) is 1.32. The van der Waals surface area contributed by atoms with Gasteiger partial charge >= 0.3 is 5.97 Å². The first-order valence-electron chi connectivity index (χ1n) is 4.91. The van der Waals surface area contributed by atoms with Crippen molar-refractivity contribution in [2.75, 3.05) is 13.1 Å². The molecule has 0 radical (unpaired) electrons. The number of amides is 1. The maximum absolute atomic E-state index is 13.4. The number of carbonyl (C=O) groups is 2. The topological polar surface area (TPSA) is 57.6 Å². The van der Waals surface area contributed by atoms with Crippen LogP contribution in [0.2, 0.25) is 5.02 Å². The number of hydrogen-bond acceptors (Lipinski definition) is 2. The van der Waals surface area contributed by atoms with E-state index in [0.717, 1.165) is 11.0 Å². The highest BCUT2D eigenvalue weighted by atomic mass is 35.5. The molecule has 0 heterocycles. The van der Waals surface area contributed by atoms with E-state index in [4.69, 9.17) is 16.7 Å². The highest BCUT2D eigenvalue weighted by molar-refractivity contribution is 6.31. The van der Waals surface area contributed by atoms with Crippen LogP contribution in [0.4, 0.5) is 4.39 Å². The van der Waals surface area contributed by atoms with Gasteiger partial charge in [-0.05, 0) is 25.1 Å². The number of carboxylic acid groups (broad SMARTS) is 1. The number of aliphatic carboxylic acids is 1. The van der Waals surface area contributed by atoms with E-state index in [1.807, 2.05) is 0 Å². The summed E-state index contributed by atoms with van der Waals surface area (Å²) in [4.78, 5) is 23.4. The Kier molecular flexibility index (Phi) is 4.45. The van der Waals surface area contributed by atoms with Gasteiger partial charge in [-0.1, -0.05) is 11.6 Å². The summed E-state index contributed by atoms with van der Waals surface area (Å²) < 4.78 is 13.4. The third-order valence-electron chi connectivity index (χ3n) is 2.15. The van der Waals surface area contributed by atoms with E-state index in [2.05, 4.69) is 0 Å². The van der Waals surface area contributed by atoms with Gasteiger partial charge in [-0.15, -0.1) is 0 Å². The average molecular weight is 260 g/mol. The predicted molar refractivity (Wildman–Crippen MR) is 60.6 cm³/mol. The first kappa shape index (κ1) is 13.4. The van der Waals surface area contributed by atoms with Gasteiger partial charge in [-0.2, -0.15) is 0 Å². The molecule has 1 aromatic carbocycles. The van der Waals surface area contributed by atoms with E-state index in [0.29, 0.717) is 0 Å². The van der Waals surface area contributed by atoms with Crippen LogP contribution >= 0.6 is 11.6 Å². The number of carbonyl (C=O) groups excluding carboxylic acids is 1. The third kappa shape index (κ3) is 3.42. The molecule has 17 heavy (non-hydrogen) atoms. The maximum atomic E-state index is 13.4. The molecule has 0 aromatic heterocycles. The molecule has 0 atom stereocenters. The number of hydrogen-bond donors (Lipinski definition) is 1. The Hall–Kier alpha value is -1.62. The second-order valence-corrected chi connectivity index (χ2v) is 3.77. The minimum Gasteiger partial charge on any atom is -0.480 e. The molecule has 4 nitrogen and oxygen atoms in total. The van der Waals surface area contributed by atoms with E-state index in [9.17, 15) is 14.0 Å². The number of halogens is 2. The molecular weight excluding hydrogens is 249 g/mol. The van der Waals surface area contributed by atoms with Crippen molar-refractivity contribution in [3.63, 3.8) is 0 Å². The normalized spacial score (nSPS) is 10.1. The van der Waals surface area contributed by atoms with Crippen LogP contribution in [-0.4, -0.2) is 35.0 Å². The Morgan fingerprint density at radius 2 is 2.12 bits per heavy atom. The monoisotopic (exact) mass is 259 g/mol. The molecule has 0 saturated carbocycles. The van der Waals surface area contributed by atoms with Crippen LogP contribution in [0.25, 0.3) is 0 Å². The fraction of sp³-hybridized carbons (Fsp3) is 0.273. The molecule has 0 unspecified atom stereocenters. The lowest BCUT2D eigenvalue weighted by Crippen LogP contribution is -2.35. The minimum absolute atomic E-state index is 0.178. The van der Waals surface area contributed by atoms with E-state index < -0.39 is 24.2 Å². The smallest absolute Gasteiger partial charge is 0.323 e. The lowest BCUT2D eigenvalue weighted by molar-refractivity contribution is -0.137. The maximum Gasteiger partial charge on any atom is 0.323 e. The molecule has 1 aromatic rings. The van der Waals surface area contributed by atoms with Crippen molar-refractivity contribution < 1.29 is 19.1 Å². The van der Waals surface area contributed by atoms with Gasteiger partial charge < -0.3 is 10.0 Å². The molecule has 0 aliphatic heterocycles. The zero-order chi connectivity index (χ0) is 13.0. The van der Waals surface area contributed by atoms with Crippen LogP contribution < -0.4 is 0 Å². The van der Waals surface area contributed by atoms with Crippen molar-refractivity contribution in [3.05, 3.63) is 34.6 Å². The standard InChI is InChI=1S/C11H11ClFNO3/c1-2-14(6-10(15)16)11(17)8-5-7(12)3-4-9(8)13/h3-5H,2,6H2,1H3,(H,15,16). The number of rotatable bonds is 4. The Morgan fingerprint density at radius 1 is 1.47 bits per heavy atom. The summed E-state index contributed by atoms with van der Waals surface area (Å²) in [5.41, 5.74) is -0.222. The highest BCUT2D eigenvalue weighted by Gasteiger charge is 2.20. The van der Waals surface area contributed by atoms with Crippen LogP contribution in [0.15, 0.2) is 18.2 Å². The van der Waals surface area contributed by atoms with Crippen molar-refractivity contribution in [1.29, 1.82) is 0 Å². The SMILES string of the molecule is CCN(CC(=O)O)C(=O)c1cc(Cl)ccc1F. The molecule has 0 bridgehead atoms. The Bertz CT molecular complexity index is 450. The van der Waals surface area contributed by atoms with Crippen molar-refractivity contribution in [2.45, 2.75) is 6.92 Å². The Morgan fingerprint density at radius 3 is 2.65 bits per heavy atom. The summed E-state index contributed by atoms with van der Waals surface area (Å²) >= 11 is 5.66. The predicted octanol–water partition coefficient (Wildman–Crippen LogP) is 2.03. The van der Waals surface area contributed by atoms with E-state index in [1.165, 1.54) is 12.1 Å². The molecule has 1 amide bonds. The van der Waals surface area contributed by atoms with Crippen LogP contribution in [0.5, 0.6) is 0 Å². The van der Waals surface area contributed by atoms with Gasteiger partial charge in [-0.25, -0.2) is 4.39 Å². The van der Waals surface area contributed by atoms with Gasteiger partial charge in [0.2, 0.25) is 0 Å². The van der Waals surface area contributed by atoms with Gasteiger partial charge in [-0.3, -0.25) is 9.59 Å². The summed E-state index contributed by atoms with van der Waals surface area (Å²) in [6.45, 7) is 1.32. The molecule has 0 aliphatic rings. The third-order valence-corrected chi connectivity index (χ3v) is 2.39. The van der Waals surface area contributed by atoms with Gasteiger partial charge in [0.25, 0.3) is 5.91 Å². The van der Waals surface area contributed by atoms with Gasteiger partial charge in [0.1, 0.15) is 12.4 Å². The van der Waals surface area contributed by atoms with Gasteiger partial charge in [0.05, 0.1) is 5.56 Å². The van der Waals surface area contributed by atoms with E-state index in [1.54, 1.807) is 6.92 Å². The van der Waals surface area contributed by atoms with Gasteiger partial charge in [0, 0.05) is 11.6 Å². The molecule has 1 rings (SSSR count). The molecule has 92 valence electrons. The lowest BCUT2D eigenvalue weighted by Gasteiger charge is -2.18. The molecular formula is C11H11ClFNO3. The zero-order valence-electron chi connectivity index (χ0n) is 9.11. The molecule has 6 heteroatoms. The minimum atomic E-state index is -1.15. The lowest BCUT2D eigenvalue weighted by atomic mass is 10.2. The van der Waals surface area contributed by atoms with Crippen LogP contribution in [0, 0.1) is 5.82 Å². The first-order valence-corrected chi connectivity index (χ1v) is 5.29. The molecule has 0 fully saturated rings. The Balaban J connectivity index is 3.01. The van der Waals surface area contributed by atoms with Crippen molar-refractivity contribution in [3.8, 4) is 0 Å². The second kappa shape index (κ2) is 5.63. The summed E-state index contributed by atoms with van der Waals surface area (Å²) in [5, 5.41) is 8.84. The molecule has 0 saturated heterocycles. The quantitative estimate of drug-likeness (QED) is 0.900. The van der Waals surface area contributed by atoms with E-state index in [-0.39, 0.29) is 17.1 Å². The van der Waals surface area contributed by atoms with Crippen LogP contribution in [-0.2, 0) is 4.79 Å². The second-order valence-electron chi connectivity index (χ2n) is 3.34. The van der Waals surface area contributed by atoms with Crippen LogP contribution in [0.3, 0.4) is 0 Å². The molecule has 1 N–H and O–H groups in total. The number of nitrogens with zero attached hydrogens (tertiary/aromatic N) is 1. The summed E-state index contributed by atoms with van der Waals surface area (Å²) in [6, 6.07) is 3.58. The molecule has 0 aliphatic carbocycles. The number of likely N-dealkylation sites (N-methyl/N-ethyl adjacent to an activating group) is 1. The summed E-state index contributed by atoms with van der Waals surface area (Å²) in [5.74, 6) is -2.55. The average Bonchev–Trinajstić information content (AvgIpc) is 2.28. The molecule has 0 spiro atoms. The zero-order valence-corrected chi connectivity index (χ0v) is 9.87. The largest absolute Gasteiger partial charge is 0.480 e. The number of benzene rings is 1. The van der Waals surface area contributed by atoms with Crippen molar-refractivity contribution in [1.82, 2.24) is 4.90 Å². The van der Waals surface area contributed by atoms with E-state index >= 15 is 0 Å². The Labute approximate surface area is 103 Å². The summed E-state index contributed by atoms with van der Waals surface area (Å²) in [6.07, 6.45) is 0.